The molecular weight excluding hydrogens is 222 g/mol. The van der Waals surface area contributed by atoms with E-state index in [-0.39, 0.29) is 6.04 Å². The Morgan fingerprint density at radius 3 is 2.31 bits per heavy atom. The van der Waals surface area contributed by atoms with E-state index in [0.717, 1.165) is 27.5 Å². The van der Waals surface area contributed by atoms with Gasteiger partial charge in [-0.25, -0.2) is 0 Å². The van der Waals surface area contributed by atoms with E-state index in [4.69, 9.17) is 22.1 Å². The van der Waals surface area contributed by atoms with Crippen LogP contribution in [0.25, 0.3) is 0 Å². The lowest BCUT2D eigenvalue weighted by Crippen LogP contribution is -2.19. The van der Waals surface area contributed by atoms with Gasteiger partial charge in [0.1, 0.15) is 5.75 Å². The average molecular weight is 242 g/mol. The van der Waals surface area contributed by atoms with Crippen LogP contribution in [0, 0.1) is 19.8 Å². The minimum Gasteiger partial charge on any atom is -0.496 e. The number of aryl methyl sites for hydroxylation is 1. The highest BCUT2D eigenvalue weighted by atomic mass is 35.5. The molecule has 3 heteroatoms. The minimum absolute atomic E-state index is 0.0481. The maximum Gasteiger partial charge on any atom is 0.124 e. The normalized spacial score (nSPS) is 13.0. The van der Waals surface area contributed by atoms with Gasteiger partial charge in [0.15, 0.2) is 0 Å². The standard InChI is InChI=1S/C13H20ClNO/c1-7(2)13(15)11-9(4)12(14)8(3)6-10(11)16-5/h6-7,13H,15H2,1-5H3. The van der Waals surface area contributed by atoms with Crippen LogP contribution in [0.15, 0.2) is 6.07 Å². The van der Waals surface area contributed by atoms with Gasteiger partial charge in [0.2, 0.25) is 0 Å². The molecule has 0 spiro atoms. The second kappa shape index (κ2) is 5.07. The fraction of sp³-hybridized carbons (Fsp3) is 0.538. The van der Waals surface area contributed by atoms with Crippen molar-refractivity contribution >= 4 is 11.6 Å². The van der Waals surface area contributed by atoms with Crippen molar-refractivity contribution in [2.75, 3.05) is 7.11 Å². The molecule has 0 aliphatic rings. The van der Waals surface area contributed by atoms with E-state index < -0.39 is 0 Å². The number of halogens is 1. The van der Waals surface area contributed by atoms with E-state index in [1.54, 1.807) is 7.11 Å². The summed E-state index contributed by atoms with van der Waals surface area (Å²) >= 11 is 6.25. The largest absolute Gasteiger partial charge is 0.496 e. The fourth-order valence-corrected chi connectivity index (χ4v) is 2.01. The Labute approximate surface area is 103 Å². The minimum atomic E-state index is -0.0481. The summed E-state index contributed by atoms with van der Waals surface area (Å²) in [7, 11) is 1.67. The van der Waals surface area contributed by atoms with Crippen LogP contribution in [0.1, 0.15) is 36.6 Å². The predicted octanol–water partition coefficient (Wildman–Crippen LogP) is 3.62. The van der Waals surface area contributed by atoms with Gasteiger partial charge in [-0.1, -0.05) is 25.4 Å². The van der Waals surface area contributed by atoms with Gasteiger partial charge in [0.25, 0.3) is 0 Å². The lowest BCUT2D eigenvalue weighted by molar-refractivity contribution is 0.395. The van der Waals surface area contributed by atoms with E-state index in [1.165, 1.54) is 0 Å². The van der Waals surface area contributed by atoms with Crippen molar-refractivity contribution in [3.05, 3.63) is 27.8 Å². The Hall–Kier alpha value is -0.730. The van der Waals surface area contributed by atoms with Crippen LogP contribution in [0.3, 0.4) is 0 Å². The third-order valence-electron chi connectivity index (χ3n) is 2.96. The molecule has 0 aliphatic carbocycles. The molecule has 0 aliphatic heterocycles. The second-order valence-electron chi connectivity index (χ2n) is 4.52. The summed E-state index contributed by atoms with van der Waals surface area (Å²) in [5, 5.41) is 0.784. The molecule has 2 nitrogen and oxygen atoms in total. The first-order valence-corrected chi connectivity index (χ1v) is 5.87. The molecule has 0 bridgehead atoms. The molecule has 90 valence electrons. The zero-order chi connectivity index (χ0) is 12.5. The van der Waals surface area contributed by atoms with Crippen LogP contribution in [0.4, 0.5) is 0 Å². The molecule has 0 fully saturated rings. The number of hydrogen-bond acceptors (Lipinski definition) is 2. The van der Waals surface area contributed by atoms with Crippen LogP contribution >= 0.6 is 11.6 Å². The number of rotatable bonds is 3. The first kappa shape index (κ1) is 13.3. The van der Waals surface area contributed by atoms with Gasteiger partial charge in [-0.05, 0) is 37.0 Å². The molecule has 0 amide bonds. The van der Waals surface area contributed by atoms with Gasteiger partial charge in [-0.3, -0.25) is 0 Å². The summed E-state index contributed by atoms with van der Waals surface area (Å²) in [6.07, 6.45) is 0. The van der Waals surface area contributed by atoms with Gasteiger partial charge in [0.05, 0.1) is 7.11 Å². The lowest BCUT2D eigenvalue weighted by Gasteiger charge is -2.23. The summed E-state index contributed by atoms with van der Waals surface area (Å²) < 4.78 is 5.39. The highest BCUT2D eigenvalue weighted by Crippen LogP contribution is 2.36. The summed E-state index contributed by atoms with van der Waals surface area (Å²) in [4.78, 5) is 0. The number of benzene rings is 1. The highest BCUT2D eigenvalue weighted by molar-refractivity contribution is 6.32. The SMILES string of the molecule is COc1cc(C)c(Cl)c(C)c1C(N)C(C)C. The molecule has 1 aromatic rings. The second-order valence-corrected chi connectivity index (χ2v) is 4.90. The zero-order valence-electron chi connectivity index (χ0n) is 10.6. The van der Waals surface area contributed by atoms with Crippen molar-refractivity contribution in [3.8, 4) is 5.75 Å². The first-order chi connectivity index (χ1) is 7.40. The molecule has 0 heterocycles. The van der Waals surface area contributed by atoms with Crippen molar-refractivity contribution in [1.29, 1.82) is 0 Å². The van der Waals surface area contributed by atoms with Crippen molar-refractivity contribution in [3.63, 3.8) is 0 Å². The molecule has 1 aromatic carbocycles. The number of methoxy groups -OCH3 is 1. The lowest BCUT2D eigenvalue weighted by atomic mass is 9.91. The third-order valence-corrected chi connectivity index (χ3v) is 3.55. The number of nitrogens with two attached hydrogens (primary N) is 1. The molecule has 0 saturated carbocycles. The maximum atomic E-state index is 6.25. The first-order valence-electron chi connectivity index (χ1n) is 5.49. The molecule has 1 unspecified atom stereocenters. The summed E-state index contributed by atoms with van der Waals surface area (Å²) in [6, 6.07) is 1.90. The molecule has 0 aromatic heterocycles. The van der Waals surface area contributed by atoms with E-state index in [1.807, 2.05) is 19.9 Å². The number of hydrogen-bond donors (Lipinski definition) is 1. The molecule has 16 heavy (non-hydrogen) atoms. The van der Waals surface area contributed by atoms with Crippen molar-refractivity contribution < 1.29 is 4.74 Å². The molecule has 0 saturated heterocycles. The Kier molecular flexibility index (Phi) is 4.22. The smallest absolute Gasteiger partial charge is 0.124 e. The monoisotopic (exact) mass is 241 g/mol. The van der Waals surface area contributed by atoms with Gasteiger partial charge < -0.3 is 10.5 Å². The fourth-order valence-electron chi connectivity index (χ4n) is 1.85. The van der Waals surface area contributed by atoms with Crippen LogP contribution in [0.5, 0.6) is 5.75 Å². The van der Waals surface area contributed by atoms with Crippen molar-refractivity contribution in [2.45, 2.75) is 33.7 Å². The molecular formula is C13H20ClNO. The predicted molar refractivity (Wildman–Crippen MR) is 69.2 cm³/mol. The molecule has 2 N–H and O–H groups in total. The topological polar surface area (TPSA) is 35.2 Å². The number of ether oxygens (including phenoxy) is 1. The van der Waals surface area contributed by atoms with E-state index in [2.05, 4.69) is 13.8 Å². The third kappa shape index (κ3) is 2.33. The van der Waals surface area contributed by atoms with Crippen LogP contribution in [-0.4, -0.2) is 7.11 Å². The van der Waals surface area contributed by atoms with Gasteiger partial charge in [-0.15, -0.1) is 0 Å². The average Bonchev–Trinajstić information content (AvgIpc) is 2.24. The zero-order valence-corrected chi connectivity index (χ0v) is 11.4. The van der Waals surface area contributed by atoms with Crippen molar-refractivity contribution in [1.82, 2.24) is 0 Å². The van der Waals surface area contributed by atoms with E-state index in [0.29, 0.717) is 5.92 Å². The highest BCUT2D eigenvalue weighted by Gasteiger charge is 2.20. The molecule has 1 rings (SSSR count). The Morgan fingerprint density at radius 2 is 1.88 bits per heavy atom. The van der Waals surface area contributed by atoms with Gasteiger partial charge in [0, 0.05) is 16.6 Å². The van der Waals surface area contributed by atoms with Crippen LogP contribution in [-0.2, 0) is 0 Å². The van der Waals surface area contributed by atoms with Crippen molar-refractivity contribution in [2.24, 2.45) is 11.7 Å². The summed E-state index contributed by atoms with van der Waals surface area (Å²) in [6.45, 7) is 8.16. The Morgan fingerprint density at radius 1 is 1.31 bits per heavy atom. The Bertz CT molecular complexity index is 388. The molecule has 1 atom stereocenters. The van der Waals surface area contributed by atoms with Crippen LogP contribution < -0.4 is 10.5 Å². The Balaban J connectivity index is 3.41. The van der Waals surface area contributed by atoms with Gasteiger partial charge in [-0.2, -0.15) is 0 Å². The quantitative estimate of drug-likeness (QED) is 0.877. The summed E-state index contributed by atoms with van der Waals surface area (Å²) in [5.41, 5.74) is 9.27. The van der Waals surface area contributed by atoms with E-state index in [9.17, 15) is 0 Å². The van der Waals surface area contributed by atoms with Gasteiger partial charge >= 0.3 is 0 Å². The van der Waals surface area contributed by atoms with E-state index >= 15 is 0 Å². The summed E-state index contributed by atoms with van der Waals surface area (Å²) in [5.74, 6) is 1.19. The maximum absolute atomic E-state index is 6.25. The van der Waals surface area contributed by atoms with Crippen LogP contribution in [0.2, 0.25) is 5.02 Å². The molecule has 0 radical (unpaired) electrons.